The first-order valence-corrected chi connectivity index (χ1v) is 20.4. The van der Waals surface area contributed by atoms with Gasteiger partial charge < -0.3 is 50.5 Å². The fourth-order valence-electron chi connectivity index (χ4n) is 9.83. The van der Waals surface area contributed by atoms with Gasteiger partial charge in [-0.15, -0.1) is 0 Å². The standard InChI is InChI=1S/C46H50N4O10/c1-4-24(20-51)45(57)59-35-18-32-41(56)39-34(55)17-29(21-52)58-43(39)40-38-30-12-13-49-44(47)37(30)26(8-7-25-9-10-28(54)16-31(25)33(38)22-53)15-27(46(35,3)60-42(32)40)14-23-6-11-36(48-5-2)50-19-23/h4,6,9-13,16-17,19,26-27,33,35,38,51-54,56H,5,7-8,14-15,18,20-22H2,1-3H3,(H2,47,49)(H,48,50). The molecule has 5 heterocycles. The summed E-state index contributed by atoms with van der Waals surface area (Å²) < 4.78 is 20.1. The number of pyridine rings is 2. The van der Waals surface area contributed by atoms with Crippen LogP contribution in [-0.2, 0) is 35.4 Å². The number of rotatable bonds is 9. The average molecular weight is 819 g/mol. The van der Waals surface area contributed by atoms with Crippen LogP contribution in [0.2, 0.25) is 0 Å². The van der Waals surface area contributed by atoms with Crippen LogP contribution in [0.25, 0.3) is 11.0 Å². The molecule has 6 unspecified atom stereocenters. The van der Waals surface area contributed by atoms with Crippen molar-refractivity contribution in [1.29, 1.82) is 0 Å². The molecule has 8 rings (SSSR count). The lowest BCUT2D eigenvalue weighted by molar-refractivity contribution is -0.165. The minimum Gasteiger partial charge on any atom is -0.508 e. The number of benzene rings is 2. The lowest BCUT2D eigenvalue weighted by atomic mass is 9.67. The number of aryl methyl sites for hydroxylation is 1. The van der Waals surface area contributed by atoms with E-state index in [0.717, 1.165) is 22.8 Å². The van der Waals surface area contributed by atoms with Gasteiger partial charge in [0.2, 0.25) is 0 Å². The van der Waals surface area contributed by atoms with E-state index in [2.05, 4.69) is 15.3 Å². The predicted molar refractivity (Wildman–Crippen MR) is 223 cm³/mol. The van der Waals surface area contributed by atoms with E-state index in [4.69, 9.17) is 19.6 Å². The molecule has 1 aliphatic carbocycles. The quantitative estimate of drug-likeness (QED) is 0.0745. The summed E-state index contributed by atoms with van der Waals surface area (Å²) >= 11 is 0. The largest absolute Gasteiger partial charge is 0.508 e. The van der Waals surface area contributed by atoms with Crippen LogP contribution in [0.15, 0.2) is 75.7 Å². The van der Waals surface area contributed by atoms with Crippen LogP contribution in [0.3, 0.4) is 0 Å². The van der Waals surface area contributed by atoms with Gasteiger partial charge in [-0.25, -0.2) is 14.8 Å². The summed E-state index contributed by atoms with van der Waals surface area (Å²) in [4.78, 5) is 37.2. The second kappa shape index (κ2) is 16.2. The molecule has 4 bridgehead atoms. The van der Waals surface area contributed by atoms with E-state index in [0.29, 0.717) is 54.7 Å². The van der Waals surface area contributed by atoms with Gasteiger partial charge in [0.1, 0.15) is 63.9 Å². The van der Waals surface area contributed by atoms with Crippen LogP contribution in [0, 0.1) is 5.92 Å². The molecular formula is C46H50N4O10. The molecule has 8 N–H and O–H groups in total. The highest BCUT2D eigenvalue weighted by Crippen LogP contribution is 2.58. The van der Waals surface area contributed by atoms with E-state index in [1.807, 2.05) is 38.1 Å². The molecule has 60 heavy (non-hydrogen) atoms. The number of esters is 1. The van der Waals surface area contributed by atoms with Crippen molar-refractivity contribution in [3.05, 3.63) is 121 Å². The highest BCUT2D eigenvalue weighted by atomic mass is 16.6. The number of nitrogen functional groups attached to an aromatic ring is 1. The predicted octanol–water partition coefficient (Wildman–Crippen LogP) is 5.24. The molecule has 14 nitrogen and oxygen atoms in total. The molecule has 0 saturated carbocycles. The van der Waals surface area contributed by atoms with Gasteiger partial charge in [0.15, 0.2) is 5.43 Å². The molecule has 0 spiro atoms. The van der Waals surface area contributed by atoms with Crippen LogP contribution >= 0.6 is 0 Å². The van der Waals surface area contributed by atoms with Crippen molar-refractivity contribution in [2.45, 2.75) is 88.9 Å². The van der Waals surface area contributed by atoms with Gasteiger partial charge in [0.05, 0.1) is 18.8 Å². The van der Waals surface area contributed by atoms with Gasteiger partial charge in [-0.05, 0) is 98.9 Å². The second-order valence-electron chi connectivity index (χ2n) is 16.2. The molecule has 3 aliphatic rings. The fourth-order valence-corrected chi connectivity index (χ4v) is 9.83. The minimum absolute atomic E-state index is 0.00194. The Balaban J connectivity index is 1.50. The van der Waals surface area contributed by atoms with Gasteiger partial charge >= 0.3 is 5.97 Å². The highest BCUT2D eigenvalue weighted by molar-refractivity contribution is 5.92. The third-order valence-electron chi connectivity index (χ3n) is 12.9. The number of anilines is 2. The number of aliphatic hydroxyl groups excluding tert-OH is 3. The zero-order valence-corrected chi connectivity index (χ0v) is 33.8. The second-order valence-corrected chi connectivity index (χ2v) is 16.2. The van der Waals surface area contributed by atoms with Crippen LogP contribution in [0.5, 0.6) is 17.2 Å². The van der Waals surface area contributed by atoms with E-state index in [1.54, 1.807) is 31.5 Å². The Morgan fingerprint density at radius 3 is 2.60 bits per heavy atom. The van der Waals surface area contributed by atoms with Crippen molar-refractivity contribution in [3.8, 4) is 17.2 Å². The summed E-state index contributed by atoms with van der Waals surface area (Å²) in [5.41, 5.74) is 9.26. The average Bonchev–Trinajstić information content (AvgIpc) is 3.28. The Kier molecular flexibility index (Phi) is 11.0. The van der Waals surface area contributed by atoms with E-state index >= 15 is 0 Å². The van der Waals surface area contributed by atoms with Crippen LogP contribution < -0.4 is 21.2 Å². The van der Waals surface area contributed by atoms with E-state index < -0.39 is 66.4 Å². The number of phenols is 2. The van der Waals surface area contributed by atoms with Crippen molar-refractivity contribution < 1.29 is 44.2 Å². The molecule has 0 saturated heterocycles. The molecule has 0 amide bonds. The van der Waals surface area contributed by atoms with Crippen molar-refractivity contribution in [2.75, 3.05) is 30.8 Å². The number of hydrogen-bond donors (Lipinski definition) is 7. The number of aromatic hydroxyl groups is 2. The summed E-state index contributed by atoms with van der Waals surface area (Å²) in [6, 6.07) is 12.0. The summed E-state index contributed by atoms with van der Waals surface area (Å²) in [7, 11) is 0. The van der Waals surface area contributed by atoms with Crippen molar-refractivity contribution in [1.82, 2.24) is 9.97 Å². The minimum atomic E-state index is -1.37. The molecule has 3 aromatic heterocycles. The van der Waals surface area contributed by atoms with E-state index in [9.17, 15) is 35.1 Å². The SMILES string of the molecule is CC=C(CO)C(=O)OC1Cc2c3c(c4oc(CO)cc(=O)c4c2O)C2c4ccnc(N)c4C(CCc4ccc(O)cc4C2CO)CC(Cc2ccc(NCC)nc2)C1(C)O3. The highest BCUT2D eigenvalue weighted by Gasteiger charge is 2.54. The molecule has 0 fully saturated rings. The molecular weight excluding hydrogens is 769 g/mol. The maximum absolute atomic E-state index is 14.1. The number of ether oxygens (including phenoxy) is 2. The maximum atomic E-state index is 14.1. The summed E-state index contributed by atoms with van der Waals surface area (Å²) in [6.45, 7) is 4.55. The first-order chi connectivity index (χ1) is 28.9. The Bertz CT molecular complexity index is 2550. The summed E-state index contributed by atoms with van der Waals surface area (Å²) in [5, 5.41) is 58.3. The molecule has 6 atom stereocenters. The van der Waals surface area contributed by atoms with Crippen molar-refractivity contribution >= 4 is 28.6 Å². The number of hydrogen-bond acceptors (Lipinski definition) is 14. The van der Waals surface area contributed by atoms with Crippen LogP contribution in [-0.4, -0.2) is 72.9 Å². The number of nitrogens with zero attached hydrogens (tertiary/aromatic N) is 2. The third kappa shape index (κ3) is 6.91. The number of fused-ring (bicyclic) bond motifs is 5. The summed E-state index contributed by atoms with van der Waals surface area (Å²) in [5.74, 6) is -2.57. The summed E-state index contributed by atoms with van der Waals surface area (Å²) in [6.07, 6.45) is 5.62. The molecule has 0 radical (unpaired) electrons. The molecule has 2 aliphatic heterocycles. The van der Waals surface area contributed by atoms with E-state index in [1.165, 1.54) is 6.08 Å². The molecule has 5 aromatic rings. The number of allylic oxidation sites excluding steroid dienone is 1. The van der Waals surface area contributed by atoms with Crippen LogP contribution in [0.4, 0.5) is 11.6 Å². The van der Waals surface area contributed by atoms with Gasteiger partial charge in [-0.2, -0.15) is 0 Å². The molecule has 314 valence electrons. The monoisotopic (exact) mass is 818 g/mol. The zero-order valence-electron chi connectivity index (χ0n) is 33.8. The number of nitrogens with one attached hydrogen (secondary N) is 1. The first-order valence-electron chi connectivity index (χ1n) is 20.4. The molecule has 14 heteroatoms. The normalized spacial score (nSPS) is 23.4. The van der Waals surface area contributed by atoms with Crippen LogP contribution in [0.1, 0.15) is 96.1 Å². The Hall–Kier alpha value is -5.96. The smallest absolute Gasteiger partial charge is 0.336 e. The van der Waals surface area contributed by atoms with Gasteiger partial charge in [-0.1, -0.05) is 18.2 Å². The van der Waals surface area contributed by atoms with Gasteiger partial charge in [0.25, 0.3) is 0 Å². The fraction of sp³-hybridized carbons (Fsp3) is 0.391. The number of aliphatic hydroxyl groups is 3. The number of phenolic OH excluding ortho intramolecular Hbond substituents is 2. The van der Waals surface area contributed by atoms with Gasteiger partial charge in [0, 0.05) is 65.9 Å². The lowest BCUT2D eigenvalue weighted by Gasteiger charge is -2.49. The number of nitrogens with two attached hydrogens (primary N) is 1. The van der Waals surface area contributed by atoms with E-state index in [-0.39, 0.29) is 57.5 Å². The lowest BCUT2D eigenvalue weighted by Crippen LogP contribution is -2.57. The third-order valence-corrected chi connectivity index (χ3v) is 12.9. The van der Waals surface area contributed by atoms with Crippen molar-refractivity contribution in [3.63, 3.8) is 0 Å². The van der Waals surface area contributed by atoms with Gasteiger partial charge in [-0.3, -0.25) is 4.79 Å². The Labute approximate surface area is 346 Å². The molecule has 2 aromatic carbocycles. The Morgan fingerprint density at radius 2 is 1.90 bits per heavy atom. The Morgan fingerprint density at radius 1 is 1.08 bits per heavy atom. The maximum Gasteiger partial charge on any atom is 0.336 e. The van der Waals surface area contributed by atoms with Crippen molar-refractivity contribution in [2.24, 2.45) is 5.92 Å². The number of carbonyl (C=O) groups is 1. The topological polar surface area (TPSA) is 231 Å². The number of carbonyl (C=O) groups excluding carboxylic acids is 1. The zero-order chi connectivity index (χ0) is 42.5. The number of aromatic nitrogens is 2. The first kappa shape index (κ1) is 40.8.